The van der Waals surface area contributed by atoms with Crippen molar-refractivity contribution in [1.29, 1.82) is 0 Å². The van der Waals surface area contributed by atoms with Crippen molar-refractivity contribution in [3.05, 3.63) is 12.2 Å². The molecular weight excluding hydrogens is 226 g/mol. The van der Waals surface area contributed by atoms with E-state index >= 15 is 0 Å². The summed E-state index contributed by atoms with van der Waals surface area (Å²) in [4.78, 5) is 44.4. The smallest absolute Gasteiger partial charge is 0.253 e. The van der Waals surface area contributed by atoms with Crippen molar-refractivity contribution in [2.75, 3.05) is 19.6 Å². The Labute approximate surface area is 97.8 Å². The van der Waals surface area contributed by atoms with E-state index in [-0.39, 0.29) is 43.8 Å². The Morgan fingerprint density at radius 3 is 2.47 bits per heavy atom. The first-order valence-electron chi connectivity index (χ1n) is 5.12. The van der Waals surface area contributed by atoms with Crippen LogP contribution in [-0.2, 0) is 19.2 Å². The second-order valence-electron chi connectivity index (χ2n) is 3.33. The van der Waals surface area contributed by atoms with E-state index in [1.54, 1.807) is 0 Å². The molecule has 1 aliphatic rings. The maximum atomic E-state index is 11.2. The summed E-state index contributed by atoms with van der Waals surface area (Å²) in [5.74, 6) is -0.981. The maximum Gasteiger partial charge on any atom is 0.253 e. The molecule has 0 aromatic heterocycles. The number of hydrogen-bond acceptors (Lipinski definition) is 4. The van der Waals surface area contributed by atoms with Gasteiger partial charge in [-0.25, -0.2) is 0 Å². The molecule has 7 nitrogen and oxygen atoms in total. The molecule has 2 N–H and O–H groups in total. The van der Waals surface area contributed by atoms with Crippen molar-refractivity contribution >= 4 is 24.1 Å². The van der Waals surface area contributed by atoms with Crippen molar-refractivity contribution in [2.24, 2.45) is 0 Å². The molecule has 0 saturated carbocycles. The Morgan fingerprint density at radius 1 is 1.24 bits per heavy atom. The number of nitrogens with one attached hydrogen (secondary N) is 2. The van der Waals surface area contributed by atoms with Crippen LogP contribution in [0.15, 0.2) is 12.2 Å². The zero-order valence-corrected chi connectivity index (χ0v) is 9.14. The van der Waals surface area contributed by atoms with Crippen LogP contribution in [0.3, 0.4) is 0 Å². The van der Waals surface area contributed by atoms with Gasteiger partial charge in [0.2, 0.25) is 12.3 Å². The molecule has 0 radical (unpaired) electrons. The zero-order chi connectivity index (χ0) is 12.7. The first-order chi connectivity index (χ1) is 8.15. The van der Waals surface area contributed by atoms with E-state index in [4.69, 9.17) is 0 Å². The fourth-order valence-corrected chi connectivity index (χ4v) is 1.29. The van der Waals surface area contributed by atoms with E-state index in [0.29, 0.717) is 6.41 Å². The van der Waals surface area contributed by atoms with E-state index in [2.05, 4.69) is 10.6 Å². The zero-order valence-electron chi connectivity index (χ0n) is 9.14. The quantitative estimate of drug-likeness (QED) is 0.310. The second kappa shape index (κ2) is 6.41. The molecule has 0 saturated heterocycles. The van der Waals surface area contributed by atoms with Crippen molar-refractivity contribution < 1.29 is 19.2 Å². The number of carbonyl (C=O) groups is 4. The first kappa shape index (κ1) is 12.9. The molecule has 1 rings (SSSR count). The van der Waals surface area contributed by atoms with Crippen molar-refractivity contribution in [2.45, 2.75) is 6.42 Å². The Balaban J connectivity index is 2.15. The third-order valence-corrected chi connectivity index (χ3v) is 2.14. The van der Waals surface area contributed by atoms with Crippen LogP contribution in [0.25, 0.3) is 0 Å². The van der Waals surface area contributed by atoms with Gasteiger partial charge in [-0.3, -0.25) is 24.1 Å². The summed E-state index contributed by atoms with van der Waals surface area (Å²) in [6, 6.07) is 0. The highest BCUT2D eigenvalue weighted by molar-refractivity contribution is 6.12. The summed E-state index contributed by atoms with van der Waals surface area (Å²) in [5, 5.41) is 4.90. The highest BCUT2D eigenvalue weighted by atomic mass is 16.2. The minimum atomic E-state index is -0.369. The standard InChI is InChI=1S/C10H13N3O4/c14-7-11-4-3-8(15)12-5-6-13-9(16)1-2-10(13)17/h1-2,7H,3-6H2,(H,11,14)(H,12,15). The van der Waals surface area contributed by atoms with Crippen LogP contribution in [0.4, 0.5) is 0 Å². The number of imide groups is 1. The summed E-state index contributed by atoms with van der Waals surface area (Å²) in [6.07, 6.45) is 3.07. The molecular formula is C10H13N3O4. The molecule has 1 heterocycles. The van der Waals surface area contributed by atoms with Gasteiger partial charge in [0.15, 0.2) is 0 Å². The molecule has 0 aliphatic carbocycles. The molecule has 92 valence electrons. The molecule has 0 unspecified atom stereocenters. The third-order valence-electron chi connectivity index (χ3n) is 2.14. The van der Waals surface area contributed by atoms with Gasteiger partial charge in [-0.15, -0.1) is 0 Å². The summed E-state index contributed by atoms with van der Waals surface area (Å²) >= 11 is 0. The number of rotatable bonds is 7. The normalized spacial score (nSPS) is 14.0. The van der Waals surface area contributed by atoms with Crippen LogP contribution < -0.4 is 10.6 Å². The number of hydrogen-bond donors (Lipinski definition) is 2. The van der Waals surface area contributed by atoms with Crippen LogP contribution in [-0.4, -0.2) is 48.7 Å². The van der Waals surface area contributed by atoms with Gasteiger partial charge in [0, 0.05) is 38.2 Å². The highest BCUT2D eigenvalue weighted by Gasteiger charge is 2.22. The first-order valence-corrected chi connectivity index (χ1v) is 5.12. The lowest BCUT2D eigenvalue weighted by atomic mass is 10.4. The predicted octanol–water partition coefficient (Wildman–Crippen LogP) is -1.84. The Bertz CT molecular complexity index is 347. The lowest BCUT2D eigenvalue weighted by molar-refractivity contribution is -0.137. The third kappa shape index (κ3) is 4.06. The molecule has 0 atom stereocenters. The van der Waals surface area contributed by atoms with E-state index in [9.17, 15) is 19.2 Å². The Morgan fingerprint density at radius 2 is 1.88 bits per heavy atom. The lowest BCUT2D eigenvalue weighted by Crippen LogP contribution is -2.38. The van der Waals surface area contributed by atoms with Crippen molar-refractivity contribution in [1.82, 2.24) is 15.5 Å². The largest absolute Gasteiger partial charge is 0.358 e. The van der Waals surface area contributed by atoms with Crippen LogP contribution in [0.1, 0.15) is 6.42 Å². The molecule has 0 spiro atoms. The van der Waals surface area contributed by atoms with Gasteiger partial charge < -0.3 is 10.6 Å². The minimum absolute atomic E-state index is 0.150. The molecule has 4 amide bonds. The predicted molar refractivity (Wildman–Crippen MR) is 57.6 cm³/mol. The van der Waals surface area contributed by atoms with Gasteiger partial charge in [0.05, 0.1) is 0 Å². The summed E-state index contributed by atoms with van der Waals surface area (Å²) < 4.78 is 0. The van der Waals surface area contributed by atoms with Crippen LogP contribution >= 0.6 is 0 Å². The Hall–Kier alpha value is -2.18. The molecule has 7 heteroatoms. The van der Waals surface area contributed by atoms with Gasteiger partial charge in [-0.05, 0) is 0 Å². The average Bonchev–Trinajstić information content (AvgIpc) is 2.61. The summed E-state index contributed by atoms with van der Waals surface area (Å²) in [5.41, 5.74) is 0. The summed E-state index contributed by atoms with van der Waals surface area (Å²) in [6.45, 7) is 0.620. The fraction of sp³-hybridized carbons (Fsp3) is 0.400. The molecule has 1 aliphatic heterocycles. The van der Waals surface area contributed by atoms with Gasteiger partial charge in [-0.2, -0.15) is 0 Å². The van der Waals surface area contributed by atoms with Crippen LogP contribution in [0.2, 0.25) is 0 Å². The minimum Gasteiger partial charge on any atom is -0.358 e. The van der Waals surface area contributed by atoms with Gasteiger partial charge in [0.1, 0.15) is 0 Å². The molecule has 17 heavy (non-hydrogen) atoms. The van der Waals surface area contributed by atoms with E-state index < -0.39 is 0 Å². The van der Waals surface area contributed by atoms with E-state index in [1.165, 1.54) is 12.2 Å². The SMILES string of the molecule is O=CNCCC(=O)NCCN1C(=O)C=CC1=O. The van der Waals surface area contributed by atoms with E-state index in [1.807, 2.05) is 0 Å². The maximum absolute atomic E-state index is 11.2. The number of amides is 4. The average molecular weight is 239 g/mol. The summed E-state index contributed by atoms with van der Waals surface area (Å²) in [7, 11) is 0. The van der Waals surface area contributed by atoms with Crippen LogP contribution in [0.5, 0.6) is 0 Å². The van der Waals surface area contributed by atoms with Gasteiger partial charge in [-0.1, -0.05) is 0 Å². The van der Waals surface area contributed by atoms with Gasteiger partial charge in [0.25, 0.3) is 11.8 Å². The lowest BCUT2D eigenvalue weighted by Gasteiger charge is -2.13. The monoisotopic (exact) mass is 239 g/mol. The fourth-order valence-electron chi connectivity index (χ4n) is 1.29. The highest BCUT2D eigenvalue weighted by Crippen LogP contribution is 2.01. The van der Waals surface area contributed by atoms with Gasteiger partial charge >= 0.3 is 0 Å². The topological polar surface area (TPSA) is 95.6 Å². The molecule has 0 aromatic rings. The molecule has 0 aromatic carbocycles. The van der Waals surface area contributed by atoms with Crippen molar-refractivity contribution in [3.8, 4) is 0 Å². The van der Waals surface area contributed by atoms with Crippen LogP contribution in [0, 0.1) is 0 Å². The number of nitrogens with zero attached hydrogens (tertiary/aromatic N) is 1. The Kier molecular flexibility index (Phi) is 4.86. The number of carbonyl (C=O) groups excluding carboxylic acids is 4. The molecule has 0 fully saturated rings. The second-order valence-corrected chi connectivity index (χ2v) is 3.33. The van der Waals surface area contributed by atoms with E-state index in [0.717, 1.165) is 4.90 Å². The van der Waals surface area contributed by atoms with Crippen molar-refractivity contribution in [3.63, 3.8) is 0 Å². The molecule has 0 bridgehead atoms.